The van der Waals surface area contributed by atoms with Crippen molar-refractivity contribution in [2.75, 3.05) is 5.32 Å². The first-order valence-electron chi connectivity index (χ1n) is 6.46. The van der Waals surface area contributed by atoms with E-state index in [1.165, 1.54) is 0 Å². The van der Waals surface area contributed by atoms with Gasteiger partial charge in [-0.2, -0.15) is 0 Å². The van der Waals surface area contributed by atoms with E-state index in [-0.39, 0.29) is 6.54 Å². The topological polar surface area (TPSA) is 58.2 Å². The van der Waals surface area contributed by atoms with E-state index in [2.05, 4.69) is 10.6 Å². The molecule has 0 spiro atoms. The summed E-state index contributed by atoms with van der Waals surface area (Å²) in [6.07, 6.45) is 0. The summed E-state index contributed by atoms with van der Waals surface area (Å²) in [7, 11) is 0. The zero-order valence-electron chi connectivity index (χ0n) is 11.5. The molecule has 2 N–H and O–H groups in total. The molecule has 0 radical (unpaired) electrons. The quantitative estimate of drug-likeness (QED) is 0.857. The first kappa shape index (κ1) is 15.1. The van der Waals surface area contributed by atoms with Crippen LogP contribution in [0.4, 0.5) is 5.69 Å². The van der Waals surface area contributed by atoms with Crippen LogP contribution in [0, 0.1) is 6.92 Å². The Balaban J connectivity index is 1.93. The number of nitrogens with one attached hydrogen (secondary N) is 2. The molecular formula is C16H15ClN2O2. The van der Waals surface area contributed by atoms with Crippen molar-refractivity contribution in [2.45, 2.75) is 13.5 Å². The summed E-state index contributed by atoms with van der Waals surface area (Å²) >= 11 is 5.99. The molecule has 0 aromatic heterocycles. The molecule has 0 aliphatic carbocycles. The van der Waals surface area contributed by atoms with Crippen LogP contribution >= 0.6 is 11.6 Å². The minimum atomic E-state index is -0.698. The van der Waals surface area contributed by atoms with Crippen LogP contribution in [0.2, 0.25) is 5.02 Å². The second-order valence-electron chi connectivity index (χ2n) is 4.54. The molecule has 0 saturated heterocycles. The lowest BCUT2D eigenvalue weighted by atomic mass is 10.2. The molecule has 108 valence electrons. The molecular weight excluding hydrogens is 288 g/mol. The third-order valence-corrected chi connectivity index (χ3v) is 3.37. The molecule has 0 bridgehead atoms. The van der Waals surface area contributed by atoms with Crippen LogP contribution in [0.3, 0.4) is 0 Å². The highest BCUT2D eigenvalue weighted by molar-refractivity contribution is 6.39. The number of aryl methyl sites for hydroxylation is 1. The maximum absolute atomic E-state index is 11.8. The predicted octanol–water partition coefficient (Wildman–Crippen LogP) is 2.90. The van der Waals surface area contributed by atoms with Gasteiger partial charge in [0.1, 0.15) is 0 Å². The molecule has 0 fully saturated rings. The Morgan fingerprint density at radius 3 is 2.38 bits per heavy atom. The molecule has 0 heterocycles. The maximum atomic E-state index is 11.8. The van der Waals surface area contributed by atoms with Crippen molar-refractivity contribution >= 4 is 29.1 Å². The zero-order valence-corrected chi connectivity index (χ0v) is 12.3. The van der Waals surface area contributed by atoms with Gasteiger partial charge in [-0.25, -0.2) is 0 Å². The van der Waals surface area contributed by atoms with Gasteiger partial charge in [-0.05, 0) is 30.2 Å². The largest absolute Gasteiger partial charge is 0.344 e. The third kappa shape index (κ3) is 4.07. The number of carbonyl (C=O) groups excluding carboxylic acids is 2. The van der Waals surface area contributed by atoms with Crippen LogP contribution in [0.1, 0.15) is 11.1 Å². The number of amides is 2. The first-order chi connectivity index (χ1) is 10.1. The number of halogens is 1. The average Bonchev–Trinajstić information content (AvgIpc) is 2.48. The van der Waals surface area contributed by atoms with E-state index >= 15 is 0 Å². The molecule has 2 aromatic carbocycles. The molecule has 0 atom stereocenters. The van der Waals surface area contributed by atoms with E-state index in [4.69, 9.17) is 11.6 Å². The first-order valence-corrected chi connectivity index (χ1v) is 6.84. The summed E-state index contributed by atoms with van der Waals surface area (Å²) in [5.41, 5.74) is 2.27. The number of benzene rings is 2. The number of carbonyl (C=O) groups is 2. The Kier molecular flexibility index (Phi) is 4.95. The van der Waals surface area contributed by atoms with Gasteiger partial charge >= 0.3 is 11.8 Å². The van der Waals surface area contributed by atoms with Gasteiger partial charge in [0.25, 0.3) is 0 Å². The minimum absolute atomic E-state index is 0.208. The fourth-order valence-corrected chi connectivity index (χ4v) is 1.99. The third-order valence-electron chi connectivity index (χ3n) is 3.00. The fraction of sp³-hybridized carbons (Fsp3) is 0.125. The molecule has 0 unspecified atom stereocenters. The van der Waals surface area contributed by atoms with Gasteiger partial charge in [-0.3, -0.25) is 9.59 Å². The van der Waals surface area contributed by atoms with E-state index in [9.17, 15) is 9.59 Å². The van der Waals surface area contributed by atoms with E-state index in [0.717, 1.165) is 11.1 Å². The van der Waals surface area contributed by atoms with Crippen LogP contribution in [-0.4, -0.2) is 11.8 Å². The Morgan fingerprint density at radius 1 is 1.00 bits per heavy atom. The number of hydrogen-bond acceptors (Lipinski definition) is 2. The highest BCUT2D eigenvalue weighted by Crippen LogP contribution is 2.15. The molecule has 0 saturated carbocycles. The second-order valence-corrected chi connectivity index (χ2v) is 4.95. The van der Waals surface area contributed by atoms with Gasteiger partial charge in [0.05, 0.1) is 0 Å². The van der Waals surface area contributed by atoms with Crippen molar-refractivity contribution < 1.29 is 9.59 Å². The van der Waals surface area contributed by atoms with Gasteiger partial charge in [-0.1, -0.05) is 48.0 Å². The normalized spacial score (nSPS) is 10.0. The molecule has 21 heavy (non-hydrogen) atoms. The van der Waals surface area contributed by atoms with Gasteiger partial charge in [0.15, 0.2) is 0 Å². The number of para-hydroxylation sites is 1. The van der Waals surface area contributed by atoms with Crippen LogP contribution in [0.15, 0.2) is 48.5 Å². The summed E-state index contributed by atoms with van der Waals surface area (Å²) in [5, 5.41) is 5.67. The Bertz CT molecular complexity index is 671. The van der Waals surface area contributed by atoms with Crippen LogP contribution in [0.5, 0.6) is 0 Å². The summed E-state index contributed by atoms with van der Waals surface area (Å²) in [4.78, 5) is 23.6. The van der Waals surface area contributed by atoms with Crippen LogP contribution < -0.4 is 10.6 Å². The predicted molar refractivity (Wildman–Crippen MR) is 83.1 cm³/mol. The zero-order chi connectivity index (χ0) is 15.2. The standard InChI is InChI=1S/C16H15ClN2O2/c1-11-6-2-5-9-14(11)19-16(21)15(20)18-10-12-7-3-4-8-13(12)17/h2-9H,10H2,1H3,(H,18,20)(H,19,21). The SMILES string of the molecule is Cc1ccccc1NC(=O)C(=O)NCc1ccccc1Cl. The summed E-state index contributed by atoms with van der Waals surface area (Å²) < 4.78 is 0. The summed E-state index contributed by atoms with van der Waals surface area (Å²) in [6.45, 7) is 2.07. The average molecular weight is 303 g/mol. The van der Waals surface area contributed by atoms with Crippen molar-refractivity contribution in [1.82, 2.24) is 5.32 Å². The van der Waals surface area contributed by atoms with E-state index in [1.54, 1.807) is 30.3 Å². The van der Waals surface area contributed by atoms with E-state index < -0.39 is 11.8 Å². The Labute approximate surface area is 128 Å². The van der Waals surface area contributed by atoms with Gasteiger partial charge < -0.3 is 10.6 Å². The highest BCUT2D eigenvalue weighted by atomic mass is 35.5. The number of hydrogen-bond donors (Lipinski definition) is 2. The van der Waals surface area contributed by atoms with Crippen LogP contribution in [0.25, 0.3) is 0 Å². The van der Waals surface area contributed by atoms with Crippen molar-refractivity contribution in [3.63, 3.8) is 0 Å². The van der Waals surface area contributed by atoms with Crippen molar-refractivity contribution in [1.29, 1.82) is 0 Å². The van der Waals surface area contributed by atoms with E-state index in [0.29, 0.717) is 10.7 Å². The smallest absolute Gasteiger partial charge is 0.313 e. The molecule has 2 amide bonds. The molecule has 2 aromatic rings. The molecule has 0 aliphatic heterocycles. The van der Waals surface area contributed by atoms with Gasteiger partial charge in [0, 0.05) is 17.3 Å². The summed E-state index contributed by atoms with van der Waals surface area (Å²) in [5.74, 6) is -1.39. The Hall–Kier alpha value is -2.33. The van der Waals surface area contributed by atoms with Gasteiger partial charge in [-0.15, -0.1) is 0 Å². The van der Waals surface area contributed by atoms with Crippen molar-refractivity contribution in [2.24, 2.45) is 0 Å². The summed E-state index contributed by atoms with van der Waals surface area (Å²) in [6, 6.07) is 14.4. The molecule has 2 rings (SSSR count). The number of rotatable bonds is 3. The monoisotopic (exact) mass is 302 g/mol. The number of anilines is 1. The molecule has 4 nitrogen and oxygen atoms in total. The lowest BCUT2D eigenvalue weighted by molar-refractivity contribution is -0.136. The molecule has 5 heteroatoms. The Morgan fingerprint density at radius 2 is 1.67 bits per heavy atom. The van der Waals surface area contributed by atoms with Crippen molar-refractivity contribution in [3.05, 3.63) is 64.7 Å². The highest BCUT2D eigenvalue weighted by Gasteiger charge is 2.14. The van der Waals surface area contributed by atoms with Gasteiger partial charge in [0.2, 0.25) is 0 Å². The molecule has 0 aliphatic rings. The van der Waals surface area contributed by atoms with E-state index in [1.807, 2.05) is 25.1 Å². The lowest BCUT2D eigenvalue weighted by Gasteiger charge is -2.09. The minimum Gasteiger partial charge on any atom is -0.344 e. The maximum Gasteiger partial charge on any atom is 0.313 e. The van der Waals surface area contributed by atoms with Crippen LogP contribution in [-0.2, 0) is 16.1 Å². The lowest BCUT2D eigenvalue weighted by Crippen LogP contribution is -2.35. The van der Waals surface area contributed by atoms with Crippen molar-refractivity contribution in [3.8, 4) is 0 Å². The fourth-order valence-electron chi connectivity index (χ4n) is 1.79. The second kappa shape index (κ2) is 6.90.